The molecule has 17 heavy (non-hydrogen) atoms. The lowest BCUT2D eigenvalue weighted by molar-refractivity contribution is -0.139. The predicted octanol–water partition coefficient (Wildman–Crippen LogP) is 2.94. The van der Waals surface area contributed by atoms with Gasteiger partial charge in [-0.15, -0.1) is 0 Å². The van der Waals surface area contributed by atoms with Crippen LogP contribution in [0.3, 0.4) is 0 Å². The molecule has 0 spiro atoms. The lowest BCUT2D eigenvalue weighted by Crippen LogP contribution is -2.15. The Kier molecular flexibility index (Phi) is 4.03. The van der Waals surface area contributed by atoms with Crippen molar-refractivity contribution in [1.82, 2.24) is 0 Å². The zero-order valence-corrected chi connectivity index (χ0v) is 10.5. The molecule has 0 heterocycles. The van der Waals surface area contributed by atoms with E-state index in [0.29, 0.717) is 12.1 Å². The van der Waals surface area contributed by atoms with E-state index in [1.165, 1.54) is 0 Å². The smallest absolute Gasteiger partial charge is 0.283 e. The molecule has 0 aliphatic heterocycles. The zero-order chi connectivity index (χ0) is 13.3. The molecule has 0 saturated carbocycles. The van der Waals surface area contributed by atoms with Gasteiger partial charge in [-0.05, 0) is 18.2 Å². The molecule has 0 bridgehead atoms. The number of anilines is 1. The van der Waals surface area contributed by atoms with Crippen LogP contribution in [0, 0.1) is 5.82 Å². The summed E-state index contributed by atoms with van der Waals surface area (Å²) in [5.74, 6) is -1.46. The standard InChI is InChI=1S/C8H6BrF4NO2S/c9-4-17(15,16)14-5-1-2-7(10)6(3-5)8(11,12)13/h1-3,14H,4H2. The third kappa shape index (κ3) is 3.84. The largest absolute Gasteiger partial charge is 0.419 e. The Morgan fingerprint density at radius 1 is 1.29 bits per heavy atom. The number of hydrogen-bond acceptors (Lipinski definition) is 2. The summed E-state index contributed by atoms with van der Waals surface area (Å²) in [6.07, 6.45) is -4.88. The minimum Gasteiger partial charge on any atom is -0.283 e. The minimum atomic E-state index is -4.88. The highest BCUT2D eigenvalue weighted by molar-refractivity contribution is 9.10. The van der Waals surface area contributed by atoms with E-state index in [4.69, 9.17) is 0 Å². The van der Waals surface area contributed by atoms with Crippen molar-refractivity contribution in [3.05, 3.63) is 29.6 Å². The van der Waals surface area contributed by atoms with Crippen molar-refractivity contribution in [3.8, 4) is 0 Å². The topological polar surface area (TPSA) is 46.2 Å². The minimum absolute atomic E-state index is 0.349. The average molecular weight is 336 g/mol. The van der Waals surface area contributed by atoms with E-state index < -0.39 is 32.2 Å². The maximum absolute atomic E-state index is 12.9. The molecule has 0 atom stereocenters. The second-order valence-electron chi connectivity index (χ2n) is 3.02. The molecule has 0 unspecified atom stereocenters. The highest BCUT2D eigenvalue weighted by Crippen LogP contribution is 2.33. The van der Waals surface area contributed by atoms with Crippen LogP contribution in [0.1, 0.15) is 5.56 Å². The number of alkyl halides is 4. The van der Waals surface area contributed by atoms with Crippen LogP contribution in [0.2, 0.25) is 0 Å². The van der Waals surface area contributed by atoms with Crippen LogP contribution < -0.4 is 4.72 Å². The Hall–Kier alpha value is -0.830. The number of rotatable bonds is 3. The van der Waals surface area contributed by atoms with Gasteiger partial charge in [0.25, 0.3) is 0 Å². The van der Waals surface area contributed by atoms with Crippen LogP contribution in [0.25, 0.3) is 0 Å². The summed E-state index contributed by atoms with van der Waals surface area (Å²) in [5.41, 5.74) is -1.87. The molecule has 0 saturated heterocycles. The highest BCUT2D eigenvalue weighted by atomic mass is 79.9. The Labute approximate surface area is 103 Å². The fraction of sp³-hybridized carbons (Fsp3) is 0.250. The quantitative estimate of drug-likeness (QED) is 0.681. The number of halogens is 5. The van der Waals surface area contributed by atoms with E-state index in [0.717, 1.165) is 6.07 Å². The third-order valence-electron chi connectivity index (χ3n) is 1.69. The van der Waals surface area contributed by atoms with Gasteiger partial charge >= 0.3 is 6.18 Å². The van der Waals surface area contributed by atoms with Gasteiger partial charge in [-0.1, -0.05) is 15.9 Å². The van der Waals surface area contributed by atoms with Gasteiger partial charge in [0.15, 0.2) is 0 Å². The van der Waals surface area contributed by atoms with Crippen molar-refractivity contribution in [3.63, 3.8) is 0 Å². The first-order chi connectivity index (χ1) is 7.65. The first kappa shape index (κ1) is 14.2. The summed E-state index contributed by atoms with van der Waals surface area (Å²) in [7, 11) is -3.77. The summed E-state index contributed by atoms with van der Waals surface area (Å²) in [4.78, 5) is 0. The normalized spacial score (nSPS) is 12.5. The molecule has 0 amide bonds. The van der Waals surface area contributed by atoms with E-state index in [2.05, 4.69) is 15.9 Å². The van der Waals surface area contributed by atoms with E-state index in [1.54, 1.807) is 0 Å². The van der Waals surface area contributed by atoms with Crippen molar-refractivity contribution in [2.45, 2.75) is 6.18 Å². The number of nitrogens with one attached hydrogen (secondary N) is 1. The Bertz CT molecular complexity index is 515. The molecular formula is C8H6BrF4NO2S. The SMILES string of the molecule is O=S(=O)(CBr)Nc1ccc(F)c(C(F)(F)F)c1. The van der Waals surface area contributed by atoms with Crippen molar-refractivity contribution in [1.29, 1.82) is 0 Å². The molecule has 0 aliphatic carbocycles. The number of hydrogen-bond donors (Lipinski definition) is 1. The first-order valence-corrected chi connectivity index (χ1v) is 6.86. The van der Waals surface area contributed by atoms with Gasteiger partial charge in [-0.2, -0.15) is 13.2 Å². The molecule has 0 aromatic heterocycles. The molecule has 1 aromatic rings. The maximum Gasteiger partial charge on any atom is 0.419 e. The van der Waals surface area contributed by atoms with Gasteiger partial charge in [0, 0.05) is 5.69 Å². The number of sulfonamides is 1. The monoisotopic (exact) mass is 335 g/mol. The second-order valence-corrected chi connectivity index (χ2v) is 6.04. The molecular weight excluding hydrogens is 330 g/mol. The highest BCUT2D eigenvalue weighted by Gasteiger charge is 2.34. The van der Waals surface area contributed by atoms with Crippen LogP contribution in [-0.2, 0) is 16.2 Å². The van der Waals surface area contributed by atoms with Crippen molar-refractivity contribution < 1.29 is 26.0 Å². The fourth-order valence-electron chi connectivity index (χ4n) is 1.01. The van der Waals surface area contributed by atoms with Gasteiger partial charge in [-0.25, -0.2) is 12.8 Å². The van der Waals surface area contributed by atoms with Crippen LogP contribution >= 0.6 is 15.9 Å². The van der Waals surface area contributed by atoms with E-state index in [1.807, 2.05) is 4.72 Å². The van der Waals surface area contributed by atoms with Crippen LogP contribution in [0.15, 0.2) is 18.2 Å². The summed E-state index contributed by atoms with van der Waals surface area (Å²) in [6, 6.07) is 1.86. The average Bonchev–Trinajstić information content (AvgIpc) is 2.19. The lowest BCUT2D eigenvalue weighted by Gasteiger charge is -2.11. The van der Waals surface area contributed by atoms with E-state index in [-0.39, 0.29) is 5.69 Å². The summed E-state index contributed by atoms with van der Waals surface area (Å²) < 4.78 is 73.4. The predicted molar refractivity (Wildman–Crippen MR) is 57.7 cm³/mol. The zero-order valence-electron chi connectivity index (χ0n) is 8.05. The van der Waals surface area contributed by atoms with Gasteiger partial charge in [0.05, 0.1) is 5.56 Å². The summed E-state index contributed by atoms with van der Waals surface area (Å²) in [5, 5.41) is 0. The molecule has 1 rings (SSSR count). The van der Waals surface area contributed by atoms with Gasteiger partial charge < -0.3 is 0 Å². The molecule has 1 N–H and O–H groups in total. The molecule has 0 aliphatic rings. The molecule has 0 fully saturated rings. The van der Waals surface area contributed by atoms with Crippen LogP contribution in [0.5, 0.6) is 0 Å². The van der Waals surface area contributed by atoms with E-state index in [9.17, 15) is 26.0 Å². The number of benzene rings is 1. The van der Waals surface area contributed by atoms with Crippen molar-refractivity contribution in [2.75, 3.05) is 9.38 Å². The van der Waals surface area contributed by atoms with Gasteiger partial charge in [-0.3, -0.25) is 4.72 Å². The van der Waals surface area contributed by atoms with Gasteiger partial charge in [0.1, 0.15) is 10.5 Å². The molecule has 96 valence electrons. The summed E-state index contributed by atoms with van der Waals surface area (Å²) in [6.45, 7) is 0. The van der Waals surface area contributed by atoms with E-state index >= 15 is 0 Å². The molecule has 9 heteroatoms. The fourth-order valence-corrected chi connectivity index (χ4v) is 1.90. The maximum atomic E-state index is 12.9. The van der Waals surface area contributed by atoms with Crippen molar-refractivity contribution in [2.24, 2.45) is 0 Å². The van der Waals surface area contributed by atoms with Gasteiger partial charge in [0.2, 0.25) is 10.0 Å². The van der Waals surface area contributed by atoms with Crippen LogP contribution in [0.4, 0.5) is 23.2 Å². The molecule has 0 radical (unpaired) electrons. The Balaban J connectivity index is 3.14. The Morgan fingerprint density at radius 3 is 2.35 bits per heavy atom. The first-order valence-electron chi connectivity index (χ1n) is 4.09. The van der Waals surface area contributed by atoms with Crippen LogP contribution in [-0.4, -0.2) is 13.1 Å². The summed E-state index contributed by atoms with van der Waals surface area (Å²) >= 11 is 2.65. The second kappa shape index (κ2) is 4.81. The Morgan fingerprint density at radius 2 is 1.88 bits per heavy atom. The lowest BCUT2D eigenvalue weighted by atomic mass is 10.2. The third-order valence-corrected chi connectivity index (χ3v) is 4.33. The molecule has 1 aromatic carbocycles. The van der Waals surface area contributed by atoms with Crippen molar-refractivity contribution >= 4 is 31.6 Å². The molecule has 3 nitrogen and oxygen atoms in total.